The molecular formula is C20H20N4O2. The number of aromatic nitrogens is 2. The molecule has 6 nitrogen and oxygen atoms in total. The molecule has 0 saturated carbocycles. The van der Waals surface area contributed by atoms with Crippen molar-refractivity contribution in [1.82, 2.24) is 9.97 Å². The quantitative estimate of drug-likeness (QED) is 0.699. The van der Waals surface area contributed by atoms with Gasteiger partial charge in [-0.05, 0) is 50.2 Å². The summed E-state index contributed by atoms with van der Waals surface area (Å²) in [5, 5.41) is 6.10. The van der Waals surface area contributed by atoms with Crippen molar-refractivity contribution < 1.29 is 9.53 Å². The third-order valence-corrected chi connectivity index (χ3v) is 3.60. The first-order valence-electron chi connectivity index (χ1n) is 8.34. The van der Waals surface area contributed by atoms with E-state index in [0.717, 1.165) is 11.4 Å². The van der Waals surface area contributed by atoms with E-state index in [1.165, 1.54) is 6.33 Å². The summed E-state index contributed by atoms with van der Waals surface area (Å²) in [7, 11) is 0. The highest BCUT2D eigenvalue weighted by molar-refractivity contribution is 6.04. The number of amides is 1. The Morgan fingerprint density at radius 3 is 2.65 bits per heavy atom. The van der Waals surface area contributed by atoms with Crippen molar-refractivity contribution in [2.45, 2.75) is 13.8 Å². The molecule has 6 heteroatoms. The number of hydrogen-bond acceptors (Lipinski definition) is 5. The summed E-state index contributed by atoms with van der Waals surface area (Å²) in [6.45, 7) is 4.37. The number of rotatable bonds is 6. The molecule has 26 heavy (non-hydrogen) atoms. The number of carbonyl (C=O) groups excluding carboxylic acids is 1. The van der Waals surface area contributed by atoms with Gasteiger partial charge in [0.25, 0.3) is 5.91 Å². The lowest BCUT2D eigenvalue weighted by atomic mass is 10.2. The Hall–Kier alpha value is -3.41. The van der Waals surface area contributed by atoms with Crippen LogP contribution in [-0.4, -0.2) is 22.5 Å². The molecule has 0 unspecified atom stereocenters. The molecule has 0 radical (unpaired) electrons. The fraction of sp³-hybridized carbons (Fsp3) is 0.150. The molecule has 2 aromatic carbocycles. The lowest BCUT2D eigenvalue weighted by molar-refractivity contribution is 0.102. The Morgan fingerprint density at radius 2 is 1.85 bits per heavy atom. The number of nitrogens with zero attached hydrogens (tertiary/aromatic N) is 2. The van der Waals surface area contributed by atoms with Crippen molar-refractivity contribution in [3.63, 3.8) is 0 Å². The van der Waals surface area contributed by atoms with Gasteiger partial charge >= 0.3 is 0 Å². The standard InChI is InChI=1S/C20H20N4O2/c1-3-26-18-9-4-6-15(11-18)20(25)24-17-8-5-7-16(12-17)23-19-10-14(2)21-13-22-19/h4-13H,3H2,1-2H3,(H,24,25)(H,21,22,23). The zero-order valence-electron chi connectivity index (χ0n) is 14.7. The SMILES string of the molecule is CCOc1cccc(C(=O)Nc2cccc(Nc3cc(C)ncn3)c2)c1. The highest BCUT2D eigenvalue weighted by atomic mass is 16.5. The molecule has 0 bridgehead atoms. The maximum Gasteiger partial charge on any atom is 0.255 e. The summed E-state index contributed by atoms with van der Waals surface area (Å²) in [4.78, 5) is 20.7. The van der Waals surface area contributed by atoms with E-state index in [2.05, 4.69) is 20.6 Å². The predicted octanol–water partition coefficient (Wildman–Crippen LogP) is 4.18. The van der Waals surface area contributed by atoms with Gasteiger partial charge in [0.05, 0.1) is 6.61 Å². The number of ether oxygens (including phenoxy) is 1. The van der Waals surface area contributed by atoms with Gasteiger partial charge in [-0.1, -0.05) is 12.1 Å². The molecular weight excluding hydrogens is 328 g/mol. The van der Waals surface area contributed by atoms with Crippen LogP contribution in [0, 0.1) is 6.92 Å². The molecule has 132 valence electrons. The van der Waals surface area contributed by atoms with Gasteiger partial charge in [0.15, 0.2) is 0 Å². The van der Waals surface area contributed by atoms with Gasteiger partial charge in [0, 0.05) is 28.7 Å². The number of anilines is 3. The van der Waals surface area contributed by atoms with E-state index >= 15 is 0 Å². The Kier molecular flexibility index (Phi) is 5.43. The van der Waals surface area contributed by atoms with E-state index in [1.54, 1.807) is 18.2 Å². The van der Waals surface area contributed by atoms with Crippen molar-refractivity contribution in [1.29, 1.82) is 0 Å². The van der Waals surface area contributed by atoms with Crippen molar-refractivity contribution >= 4 is 23.1 Å². The van der Waals surface area contributed by atoms with Gasteiger partial charge < -0.3 is 15.4 Å². The van der Waals surface area contributed by atoms with E-state index in [4.69, 9.17) is 4.74 Å². The molecule has 1 amide bonds. The number of carbonyl (C=O) groups is 1. The molecule has 1 heterocycles. The van der Waals surface area contributed by atoms with Crippen LogP contribution in [0.25, 0.3) is 0 Å². The molecule has 0 aliphatic rings. The van der Waals surface area contributed by atoms with Gasteiger partial charge in [0.1, 0.15) is 17.9 Å². The Bertz CT molecular complexity index is 912. The van der Waals surface area contributed by atoms with E-state index in [9.17, 15) is 4.79 Å². The zero-order chi connectivity index (χ0) is 18.4. The van der Waals surface area contributed by atoms with Crippen molar-refractivity contribution in [3.05, 3.63) is 72.2 Å². The van der Waals surface area contributed by atoms with E-state index in [1.807, 2.05) is 50.2 Å². The smallest absolute Gasteiger partial charge is 0.255 e. The number of benzene rings is 2. The molecule has 0 aliphatic heterocycles. The van der Waals surface area contributed by atoms with Crippen molar-refractivity contribution in [3.8, 4) is 5.75 Å². The fourth-order valence-corrected chi connectivity index (χ4v) is 2.44. The summed E-state index contributed by atoms with van der Waals surface area (Å²) in [5.74, 6) is 1.18. The Morgan fingerprint density at radius 1 is 1.04 bits per heavy atom. The summed E-state index contributed by atoms with van der Waals surface area (Å²) < 4.78 is 5.44. The fourth-order valence-electron chi connectivity index (χ4n) is 2.44. The van der Waals surface area contributed by atoms with Gasteiger partial charge in [-0.3, -0.25) is 4.79 Å². The van der Waals surface area contributed by atoms with Crippen LogP contribution in [0.15, 0.2) is 60.9 Å². The maximum atomic E-state index is 12.5. The van der Waals surface area contributed by atoms with E-state index in [-0.39, 0.29) is 5.91 Å². The lowest BCUT2D eigenvalue weighted by Gasteiger charge is -2.10. The number of hydrogen-bond donors (Lipinski definition) is 2. The van der Waals surface area contributed by atoms with Gasteiger partial charge in [-0.25, -0.2) is 9.97 Å². The molecule has 2 N–H and O–H groups in total. The van der Waals surface area contributed by atoms with Crippen molar-refractivity contribution in [2.75, 3.05) is 17.2 Å². The third-order valence-electron chi connectivity index (χ3n) is 3.60. The molecule has 3 rings (SSSR count). The first-order valence-corrected chi connectivity index (χ1v) is 8.34. The lowest BCUT2D eigenvalue weighted by Crippen LogP contribution is -2.12. The third kappa shape index (κ3) is 4.57. The second-order valence-corrected chi connectivity index (χ2v) is 5.67. The highest BCUT2D eigenvalue weighted by Crippen LogP contribution is 2.20. The minimum atomic E-state index is -0.193. The van der Waals surface area contributed by atoms with Gasteiger partial charge in [-0.15, -0.1) is 0 Å². The number of nitrogens with one attached hydrogen (secondary N) is 2. The van der Waals surface area contributed by atoms with Crippen LogP contribution < -0.4 is 15.4 Å². The van der Waals surface area contributed by atoms with Crippen LogP contribution in [0.4, 0.5) is 17.2 Å². The molecule has 0 fully saturated rings. The molecule has 0 aliphatic carbocycles. The van der Waals surface area contributed by atoms with E-state index < -0.39 is 0 Å². The number of aryl methyl sites for hydroxylation is 1. The molecule has 0 spiro atoms. The molecule has 0 saturated heterocycles. The average molecular weight is 348 g/mol. The molecule has 0 atom stereocenters. The summed E-state index contributed by atoms with van der Waals surface area (Å²) >= 11 is 0. The molecule has 3 aromatic rings. The monoisotopic (exact) mass is 348 g/mol. The van der Waals surface area contributed by atoms with Crippen LogP contribution >= 0.6 is 0 Å². The molecule has 1 aromatic heterocycles. The summed E-state index contributed by atoms with van der Waals surface area (Å²) in [6.07, 6.45) is 1.51. The largest absolute Gasteiger partial charge is 0.494 e. The topological polar surface area (TPSA) is 76.1 Å². The Labute approximate surface area is 152 Å². The summed E-state index contributed by atoms with van der Waals surface area (Å²) in [5.41, 5.74) is 2.93. The Balaban J connectivity index is 1.72. The minimum absolute atomic E-state index is 0.193. The van der Waals surface area contributed by atoms with Crippen LogP contribution in [0.3, 0.4) is 0 Å². The van der Waals surface area contributed by atoms with Crippen molar-refractivity contribution in [2.24, 2.45) is 0 Å². The highest BCUT2D eigenvalue weighted by Gasteiger charge is 2.08. The van der Waals surface area contributed by atoms with Gasteiger partial charge in [-0.2, -0.15) is 0 Å². The van der Waals surface area contributed by atoms with Gasteiger partial charge in [0.2, 0.25) is 0 Å². The first kappa shape index (κ1) is 17.4. The van der Waals surface area contributed by atoms with Crippen LogP contribution in [0.1, 0.15) is 23.0 Å². The van der Waals surface area contributed by atoms with Crippen LogP contribution in [-0.2, 0) is 0 Å². The normalized spacial score (nSPS) is 10.2. The first-order chi connectivity index (χ1) is 12.6. The summed E-state index contributed by atoms with van der Waals surface area (Å²) in [6, 6.07) is 16.4. The second-order valence-electron chi connectivity index (χ2n) is 5.67. The average Bonchev–Trinajstić information content (AvgIpc) is 2.62. The van der Waals surface area contributed by atoms with E-state index in [0.29, 0.717) is 29.4 Å². The second kappa shape index (κ2) is 8.11. The van der Waals surface area contributed by atoms with Crippen LogP contribution in [0.5, 0.6) is 5.75 Å². The zero-order valence-corrected chi connectivity index (χ0v) is 14.7. The predicted molar refractivity (Wildman–Crippen MR) is 102 cm³/mol. The van der Waals surface area contributed by atoms with Crippen LogP contribution in [0.2, 0.25) is 0 Å². The minimum Gasteiger partial charge on any atom is -0.494 e. The maximum absolute atomic E-state index is 12.5.